The summed E-state index contributed by atoms with van der Waals surface area (Å²) in [5.41, 5.74) is 7.02. The normalized spacial score (nSPS) is 22.3. The molecule has 0 amide bonds. The van der Waals surface area contributed by atoms with Crippen LogP contribution in [-0.2, 0) is 21.2 Å². The number of azo groups is 2. The average molecular weight is 645 g/mol. The molecule has 2 heterocycles. The SMILES string of the molecule is CCCCCCC1CN(C2CCc3ccc(C(CC(=O)O)c4ccc5c(c4C)N=[N+](C)C5CC)cc32)S(=O)(=O)c2ccccc2O1. The zero-order chi connectivity index (χ0) is 32.6. The summed E-state index contributed by atoms with van der Waals surface area (Å²) in [4.78, 5) is 12.5. The van der Waals surface area contributed by atoms with Gasteiger partial charge < -0.3 is 9.84 Å². The summed E-state index contributed by atoms with van der Waals surface area (Å²) in [6.07, 6.45) is 7.21. The van der Waals surface area contributed by atoms with Crippen LogP contribution in [0.15, 0.2) is 64.6 Å². The summed E-state index contributed by atoms with van der Waals surface area (Å²) in [6.45, 7) is 6.65. The number of rotatable bonds is 11. The van der Waals surface area contributed by atoms with Crippen molar-refractivity contribution in [3.05, 3.63) is 88.0 Å². The Balaban J connectivity index is 1.38. The molecule has 3 aromatic carbocycles. The van der Waals surface area contributed by atoms with Crippen LogP contribution >= 0.6 is 0 Å². The first-order valence-corrected chi connectivity index (χ1v) is 18.3. The maximum atomic E-state index is 14.3. The molecule has 0 spiro atoms. The maximum absolute atomic E-state index is 14.3. The highest BCUT2D eigenvalue weighted by atomic mass is 32.2. The Labute approximate surface area is 273 Å². The first-order valence-electron chi connectivity index (χ1n) is 16.8. The quantitative estimate of drug-likeness (QED) is 0.168. The first kappa shape index (κ1) is 32.4. The molecule has 6 rings (SSSR count). The number of aliphatic carboxylic acids is 1. The van der Waals surface area contributed by atoms with E-state index in [9.17, 15) is 18.3 Å². The lowest BCUT2D eigenvalue weighted by atomic mass is 9.83. The van der Waals surface area contributed by atoms with Crippen LogP contribution in [0.25, 0.3) is 0 Å². The third kappa shape index (κ3) is 5.99. The van der Waals surface area contributed by atoms with Gasteiger partial charge in [0.05, 0.1) is 24.6 Å². The molecule has 2 aliphatic heterocycles. The predicted molar refractivity (Wildman–Crippen MR) is 178 cm³/mol. The van der Waals surface area contributed by atoms with Crippen LogP contribution in [0.4, 0.5) is 5.69 Å². The minimum Gasteiger partial charge on any atom is -0.488 e. The molecule has 8 nitrogen and oxygen atoms in total. The highest BCUT2D eigenvalue weighted by Gasteiger charge is 2.42. The van der Waals surface area contributed by atoms with Gasteiger partial charge in [0.2, 0.25) is 16.1 Å². The molecule has 4 atom stereocenters. The van der Waals surface area contributed by atoms with Crippen LogP contribution in [0.2, 0.25) is 0 Å². The number of aryl methyl sites for hydroxylation is 1. The molecule has 9 heteroatoms. The molecule has 3 aromatic rings. The molecule has 4 unspecified atom stereocenters. The van der Waals surface area contributed by atoms with Gasteiger partial charge in [-0.1, -0.05) is 69.5 Å². The highest BCUT2D eigenvalue weighted by molar-refractivity contribution is 7.89. The van der Waals surface area contributed by atoms with Crippen molar-refractivity contribution in [2.24, 2.45) is 5.11 Å². The van der Waals surface area contributed by atoms with Gasteiger partial charge in [-0.05, 0) is 83.7 Å². The number of benzene rings is 3. The van der Waals surface area contributed by atoms with Gasteiger partial charge in [0.25, 0.3) is 0 Å². The first-order chi connectivity index (χ1) is 22.1. The predicted octanol–water partition coefficient (Wildman–Crippen LogP) is 8.20. The second kappa shape index (κ2) is 13.3. The van der Waals surface area contributed by atoms with Gasteiger partial charge in [0.1, 0.15) is 22.4 Å². The third-order valence-corrected chi connectivity index (χ3v) is 12.1. The lowest BCUT2D eigenvalue weighted by Crippen LogP contribution is -2.39. The highest BCUT2D eigenvalue weighted by Crippen LogP contribution is 2.46. The Hall–Kier alpha value is -3.56. The lowest BCUT2D eigenvalue weighted by Gasteiger charge is -2.30. The average Bonchev–Trinajstić information content (AvgIpc) is 3.57. The molecule has 0 aromatic heterocycles. The molecule has 3 aliphatic rings. The van der Waals surface area contributed by atoms with Crippen LogP contribution in [-0.4, -0.2) is 48.2 Å². The van der Waals surface area contributed by atoms with Gasteiger partial charge in [0.15, 0.2) is 7.05 Å². The van der Waals surface area contributed by atoms with Crippen molar-refractivity contribution in [1.29, 1.82) is 0 Å². The monoisotopic (exact) mass is 644 g/mol. The van der Waals surface area contributed by atoms with Crippen molar-refractivity contribution in [3.63, 3.8) is 0 Å². The van der Waals surface area contributed by atoms with Gasteiger partial charge in [-0.3, -0.25) is 4.79 Å². The zero-order valence-electron chi connectivity index (χ0n) is 27.4. The van der Waals surface area contributed by atoms with Crippen molar-refractivity contribution in [2.75, 3.05) is 13.6 Å². The van der Waals surface area contributed by atoms with E-state index in [-0.39, 0.29) is 36.0 Å². The van der Waals surface area contributed by atoms with Gasteiger partial charge >= 0.3 is 5.97 Å². The van der Waals surface area contributed by atoms with E-state index in [0.29, 0.717) is 12.2 Å². The molecule has 0 fully saturated rings. The summed E-state index contributed by atoms with van der Waals surface area (Å²) in [7, 11) is -1.86. The van der Waals surface area contributed by atoms with Crippen LogP contribution in [0.1, 0.15) is 117 Å². The number of carboxylic acids is 1. The van der Waals surface area contributed by atoms with Crippen molar-refractivity contribution in [1.82, 2.24) is 4.31 Å². The van der Waals surface area contributed by atoms with E-state index in [4.69, 9.17) is 9.85 Å². The number of para-hydroxylation sites is 1. The fourth-order valence-corrected chi connectivity index (χ4v) is 9.56. The molecule has 1 aliphatic carbocycles. The van der Waals surface area contributed by atoms with Crippen molar-refractivity contribution >= 4 is 21.7 Å². The van der Waals surface area contributed by atoms with Crippen LogP contribution in [0, 0.1) is 6.92 Å². The lowest BCUT2D eigenvalue weighted by molar-refractivity contribution is -0.598. The van der Waals surface area contributed by atoms with E-state index in [2.05, 4.69) is 38.1 Å². The molecule has 46 heavy (non-hydrogen) atoms. The minimum atomic E-state index is -3.85. The minimum absolute atomic E-state index is 0.0703. The molecule has 0 saturated heterocycles. The molecule has 0 bridgehead atoms. The number of fused-ring (bicyclic) bond motifs is 3. The standard InChI is InChI=1S/C37H45N3O5S/c1-5-7-8-9-12-27-23-40(46(43,44)35-14-11-10-13-34(35)45-27)33-20-17-25-15-16-26(21-31(25)33)30(22-36(41)42)28-18-19-29-32(6-2)39(4)38-37(29)24(28)3/h10-11,13-16,18-19,21,27,30,32-33H,5-9,12,17,20,22-23H2,1-4H3/p+1. The van der Waals surface area contributed by atoms with Gasteiger partial charge in [-0.15, -0.1) is 4.70 Å². The van der Waals surface area contributed by atoms with E-state index < -0.39 is 21.9 Å². The zero-order valence-corrected chi connectivity index (χ0v) is 28.2. The number of sulfonamides is 1. The summed E-state index contributed by atoms with van der Waals surface area (Å²) in [5.74, 6) is -0.851. The van der Waals surface area contributed by atoms with E-state index in [0.717, 1.165) is 78.5 Å². The largest absolute Gasteiger partial charge is 0.488 e. The number of nitrogens with zero attached hydrogens (tertiary/aromatic N) is 3. The van der Waals surface area contributed by atoms with E-state index >= 15 is 0 Å². The Morgan fingerprint density at radius 1 is 1.09 bits per heavy atom. The maximum Gasteiger partial charge on any atom is 0.304 e. The van der Waals surface area contributed by atoms with Gasteiger partial charge in [-0.25, -0.2) is 8.42 Å². The molecule has 0 radical (unpaired) electrons. The molecule has 1 N–H and O–H groups in total. The number of hydrogen-bond donors (Lipinski definition) is 1. The second-order valence-electron chi connectivity index (χ2n) is 13.1. The topological polar surface area (TPSA) is 99.3 Å². The Kier molecular flexibility index (Phi) is 9.35. The Morgan fingerprint density at radius 2 is 1.89 bits per heavy atom. The third-order valence-electron chi connectivity index (χ3n) is 10.2. The van der Waals surface area contributed by atoms with Crippen molar-refractivity contribution in [2.45, 2.75) is 108 Å². The van der Waals surface area contributed by atoms with Crippen LogP contribution in [0.3, 0.4) is 0 Å². The molecular formula is C37H46N3O5S+. The van der Waals surface area contributed by atoms with Gasteiger partial charge in [-0.2, -0.15) is 4.31 Å². The fourth-order valence-electron chi connectivity index (χ4n) is 7.77. The number of carbonyl (C=O) groups is 1. The van der Waals surface area contributed by atoms with E-state index in [1.165, 1.54) is 5.56 Å². The van der Waals surface area contributed by atoms with Crippen LogP contribution in [0.5, 0.6) is 5.75 Å². The summed E-state index contributed by atoms with van der Waals surface area (Å²) in [5, 5.41) is 14.9. The molecule has 244 valence electrons. The summed E-state index contributed by atoms with van der Waals surface area (Å²) >= 11 is 0. The van der Waals surface area contributed by atoms with Crippen molar-refractivity contribution in [3.8, 4) is 5.75 Å². The summed E-state index contributed by atoms with van der Waals surface area (Å²) < 4.78 is 38.7. The molecule has 0 saturated carbocycles. The number of hydrogen-bond acceptors (Lipinski definition) is 5. The number of unbranched alkanes of at least 4 members (excludes halogenated alkanes) is 3. The number of ether oxygens (including phenoxy) is 1. The van der Waals surface area contributed by atoms with E-state index in [1.807, 2.05) is 30.8 Å². The van der Waals surface area contributed by atoms with Crippen molar-refractivity contribution < 1.29 is 27.8 Å². The van der Waals surface area contributed by atoms with Crippen LogP contribution < -0.4 is 4.74 Å². The van der Waals surface area contributed by atoms with Gasteiger partial charge in [0, 0.05) is 12.3 Å². The molecular weight excluding hydrogens is 598 g/mol. The van der Waals surface area contributed by atoms with E-state index in [1.54, 1.807) is 22.5 Å². The summed E-state index contributed by atoms with van der Waals surface area (Å²) in [6, 6.07) is 17.2. The number of carboxylic acid groups (broad SMARTS) is 1. The Bertz CT molecular complexity index is 1770. The second-order valence-corrected chi connectivity index (χ2v) is 14.9. The fraction of sp³-hybridized carbons (Fsp3) is 0.486. The smallest absolute Gasteiger partial charge is 0.304 e. The Morgan fingerprint density at radius 3 is 2.65 bits per heavy atom.